The van der Waals surface area contributed by atoms with Crippen molar-refractivity contribution in [1.82, 2.24) is 10.2 Å². The summed E-state index contributed by atoms with van der Waals surface area (Å²) in [5.41, 5.74) is 3.15. The summed E-state index contributed by atoms with van der Waals surface area (Å²) in [5, 5.41) is 3.68. The fourth-order valence-electron chi connectivity index (χ4n) is 4.14. The second-order valence-corrected chi connectivity index (χ2v) is 11.6. The lowest BCUT2D eigenvalue weighted by Crippen LogP contribution is -2.49. The molecule has 10 heteroatoms. The fourth-order valence-corrected chi connectivity index (χ4v) is 5.56. The molecule has 0 bridgehead atoms. The van der Waals surface area contributed by atoms with E-state index in [0.717, 1.165) is 17.4 Å². The number of anilines is 1. The van der Waals surface area contributed by atoms with Gasteiger partial charge in [0.05, 0.1) is 11.9 Å². The molecule has 0 saturated heterocycles. The number of carbonyl (C=O) groups excluding carboxylic acids is 2. The van der Waals surface area contributed by atoms with Crippen LogP contribution >= 0.6 is 23.2 Å². The predicted molar refractivity (Wildman–Crippen MR) is 147 cm³/mol. The minimum Gasteiger partial charge on any atom is -0.355 e. The van der Waals surface area contributed by atoms with E-state index >= 15 is 0 Å². The zero-order valence-electron chi connectivity index (χ0n) is 21.5. The Morgan fingerprint density at radius 2 is 1.67 bits per heavy atom. The first kappa shape index (κ1) is 29.9. The highest BCUT2D eigenvalue weighted by Crippen LogP contribution is 2.25. The maximum absolute atomic E-state index is 13.4. The van der Waals surface area contributed by atoms with Gasteiger partial charge in [-0.05, 0) is 74.6 Å². The van der Waals surface area contributed by atoms with Crippen molar-refractivity contribution in [3.8, 4) is 0 Å². The summed E-state index contributed by atoms with van der Waals surface area (Å²) in [6.07, 6.45) is 1.93. The fraction of sp³-hybridized carbons (Fsp3) is 0.462. The third kappa shape index (κ3) is 8.39. The number of halogens is 2. The number of aryl methyl sites for hydroxylation is 2. The zero-order chi connectivity index (χ0) is 27.0. The quantitative estimate of drug-likeness (QED) is 0.394. The van der Waals surface area contributed by atoms with Crippen LogP contribution in [0.3, 0.4) is 0 Å². The monoisotopic (exact) mass is 555 g/mol. The van der Waals surface area contributed by atoms with Crippen molar-refractivity contribution in [2.45, 2.75) is 59.5 Å². The first-order valence-electron chi connectivity index (χ1n) is 11.9. The standard InChI is InChI=1S/C26H35Cl2N3O4S/c1-6-24(26(33)29-7-2)30(17-20-10-11-21(27)16-23(20)28)25(32)9-8-12-31(36(5,34)35)22-14-18(3)13-19(4)15-22/h10-11,13-16,24H,6-9,12,17H2,1-5H3,(H,29,33)/t24-/m0/s1. The molecule has 0 spiro atoms. The molecule has 1 N–H and O–H groups in total. The Hall–Kier alpha value is -2.29. The summed E-state index contributed by atoms with van der Waals surface area (Å²) in [5.74, 6) is -0.501. The number of nitrogens with zero attached hydrogens (tertiary/aromatic N) is 2. The summed E-state index contributed by atoms with van der Waals surface area (Å²) in [7, 11) is -3.56. The molecule has 7 nitrogen and oxygen atoms in total. The first-order valence-corrected chi connectivity index (χ1v) is 14.5. The molecule has 2 aromatic rings. The lowest BCUT2D eigenvalue weighted by atomic mass is 10.1. The van der Waals surface area contributed by atoms with Crippen LogP contribution < -0.4 is 9.62 Å². The molecule has 2 aromatic carbocycles. The first-order chi connectivity index (χ1) is 16.9. The van der Waals surface area contributed by atoms with E-state index in [1.807, 2.05) is 45.9 Å². The van der Waals surface area contributed by atoms with Crippen molar-refractivity contribution in [3.63, 3.8) is 0 Å². The predicted octanol–water partition coefficient (Wildman–Crippen LogP) is 5.10. The molecular formula is C26H35Cl2N3O4S. The summed E-state index contributed by atoms with van der Waals surface area (Å²) in [4.78, 5) is 27.7. The molecule has 0 heterocycles. The highest BCUT2D eigenvalue weighted by Gasteiger charge is 2.29. The molecule has 0 aliphatic heterocycles. The van der Waals surface area contributed by atoms with E-state index < -0.39 is 16.1 Å². The van der Waals surface area contributed by atoms with Crippen molar-refractivity contribution in [1.29, 1.82) is 0 Å². The smallest absolute Gasteiger partial charge is 0.242 e. The van der Waals surface area contributed by atoms with Crippen molar-refractivity contribution in [2.24, 2.45) is 0 Å². The molecule has 0 saturated carbocycles. The third-order valence-electron chi connectivity index (χ3n) is 5.74. The SMILES string of the molecule is CCNC(=O)[C@H](CC)N(Cc1ccc(Cl)cc1Cl)C(=O)CCCN(c1cc(C)cc(C)c1)S(C)(=O)=O. The summed E-state index contributed by atoms with van der Waals surface area (Å²) < 4.78 is 26.4. The maximum atomic E-state index is 13.4. The second kappa shape index (κ2) is 13.3. The molecule has 0 radical (unpaired) electrons. The normalized spacial score (nSPS) is 12.2. The summed E-state index contributed by atoms with van der Waals surface area (Å²) >= 11 is 12.4. The van der Waals surface area contributed by atoms with Gasteiger partial charge in [-0.2, -0.15) is 0 Å². The van der Waals surface area contributed by atoms with Crippen LogP contribution in [0.2, 0.25) is 10.0 Å². The Bertz CT molecular complexity index is 1170. The molecule has 198 valence electrons. The van der Waals surface area contributed by atoms with Crippen LogP contribution in [0.25, 0.3) is 0 Å². The van der Waals surface area contributed by atoms with Gasteiger partial charge in [0.15, 0.2) is 0 Å². The van der Waals surface area contributed by atoms with Gasteiger partial charge in [0.25, 0.3) is 0 Å². The Morgan fingerprint density at radius 3 is 2.19 bits per heavy atom. The van der Waals surface area contributed by atoms with Crippen LogP contribution in [0.1, 0.15) is 49.8 Å². The average Bonchev–Trinajstić information content (AvgIpc) is 2.76. The van der Waals surface area contributed by atoms with Crippen LogP contribution in [-0.2, 0) is 26.2 Å². The van der Waals surface area contributed by atoms with Gasteiger partial charge in [-0.3, -0.25) is 13.9 Å². The lowest BCUT2D eigenvalue weighted by molar-refractivity contribution is -0.141. The molecule has 36 heavy (non-hydrogen) atoms. The molecule has 2 amide bonds. The van der Waals surface area contributed by atoms with E-state index in [2.05, 4.69) is 5.32 Å². The van der Waals surface area contributed by atoms with Crippen molar-refractivity contribution < 1.29 is 18.0 Å². The summed E-state index contributed by atoms with van der Waals surface area (Å²) in [6.45, 7) is 8.20. The van der Waals surface area contributed by atoms with Gasteiger partial charge in [-0.15, -0.1) is 0 Å². The van der Waals surface area contributed by atoms with Crippen LogP contribution in [0.15, 0.2) is 36.4 Å². The van der Waals surface area contributed by atoms with Gasteiger partial charge in [0.2, 0.25) is 21.8 Å². The van der Waals surface area contributed by atoms with Gasteiger partial charge in [0.1, 0.15) is 6.04 Å². The third-order valence-corrected chi connectivity index (χ3v) is 7.52. The van der Waals surface area contributed by atoms with E-state index in [1.54, 1.807) is 18.2 Å². The average molecular weight is 557 g/mol. The number of carbonyl (C=O) groups is 2. The number of nitrogens with one attached hydrogen (secondary N) is 1. The number of likely N-dealkylation sites (N-methyl/N-ethyl adjacent to an activating group) is 1. The highest BCUT2D eigenvalue weighted by molar-refractivity contribution is 7.92. The number of hydrogen-bond donors (Lipinski definition) is 1. The molecule has 1 atom stereocenters. The molecule has 0 aromatic heterocycles. The Kier molecular flexibility index (Phi) is 11.1. The number of rotatable bonds is 12. The van der Waals surface area contributed by atoms with E-state index in [0.29, 0.717) is 34.3 Å². The number of sulfonamides is 1. The molecule has 2 rings (SSSR count). The lowest BCUT2D eigenvalue weighted by Gasteiger charge is -2.31. The van der Waals surface area contributed by atoms with Gasteiger partial charge < -0.3 is 10.2 Å². The van der Waals surface area contributed by atoms with Crippen LogP contribution in [0, 0.1) is 13.8 Å². The molecule has 0 aliphatic rings. The van der Waals surface area contributed by atoms with Gasteiger partial charge in [-0.1, -0.05) is 42.3 Å². The second-order valence-electron chi connectivity index (χ2n) is 8.86. The molecule has 0 fully saturated rings. The number of amides is 2. The van der Waals surface area contributed by atoms with Crippen LogP contribution in [0.4, 0.5) is 5.69 Å². The van der Waals surface area contributed by atoms with Crippen molar-refractivity contribution in [2.75, 3.05) is 23.7 Å². The largest absolute Gasteiger partial charge is 0.355 e. The minimum atomic E-state index is -3.56. The summed E-state index contributed by atoms with van der Waals surface area (Å²) in [6, 6.07) is 9.93. The van der Waals surface area contributed by atoms with E-state index in [9.17, 15) is 18.0 Å². The Morgan fingerprint density at radius 1 is 1.03 bits per heavy atom. The van der Waals surface area contributed by atoms with E-state index in [1.165, 1.54) is 9.21 Å². The van der Waals surface area contributed by atoms with E-state index in [-0.39, 0.29) is 37.7 Å². The van der Waals surface area contributed by atoms with Gasteiger partial charge >= 0.3 is 0 Å². The Balaban J connectivity index is 2.26. The minimum absolute atomic E-state index is 0.0674. The van der Waals surface area contributed by atoms with E-state index in [4.69, 9.17) is 23.2 Å². The highest BCUT2D eigenvalue weighted by atomic mass is 35.5. The number of benzene rings is 2. The molecule has 0 unspecified atom stereocenters. The Labute approximate surface area is 224 Å². The maximum Gasteiger partial charge on any atom is 0.242 e. The van der Waals surface area contributed by atoms with Crippen molar-refractivity contribution >= 4 is 50.7 Å². The topological polar surface area (TPSA) is 86.8 Å². The zero-order valence-corrected chi connectivity index (χ0v) is 23.8. The van der Waals surface area contributed by atoms with Crippen LogP contribution in [-0.4, -0.2) is 50.5 Å². The van der Waals surface area contributed by atoms with Crippen LogP contribution in [0.5, 0.6) is 0 Å². The molecule has 0 aliphatic carbocycles. The number of hydrogen-bond acceptors (Lipinski definition) is 4. The van der Waals surface area contributed by atoms with Gasteiger partial charge in [-0.25, -0.2) is 8.42 Å². The van der Waals surface area contributed by atoms with Crippen molar-refractivity contribution in [3.05, 3.63) is 63.1 Å². The molecular weight excluding hydrogens is 521 g/mol. The van der Waals surface area contributed by atoms with Gasteiger partial charge in [0, 0.05) is 36.1 Å².